The van der Waals surface area contributed by atoms with Gasteiger partial charge in [0.1, 0.15) is 0 Å². The van der Waals surface area contributed by atoms with Crippen LogP contribution in [-0.2, 0) is 4.74 Å². The van der Waals surface area contributed by atoms with Crippen LogP contribution in [0.4, 0.5) is 0 Å². The Morgan fingerprint density at radius 3 is 2.31 bits per heavy atom. The third-order valence-corrected chi connectivity index (χ3v) is 4.75. The molecule has 3 saturated carbocycles. The Morgan fingerprint density at radius 2 is 1.75 bits per heavy atom. The minimum Gasteiger partial charge on any atom is -0.375 e. The van der Waals surface area contributed by atoms with Gasteiger partial charge in [-0.15, -0.1) is 0 Å². The molecule has 0 saturated heterocycles. The van der Waals surface area contributed by atoms with Crippen LogP contribution in [0.3, 0.4) is 0 Å². The van der Waals surface area contributed by atoms with E-state index in [0.717, 1.165) is 42.9 Å². The van der Waals surface area contributed by atoms with Crippen molar-refractivity contribution in [1.82, 2.24) is 5.32 Å². The maximum atomic E-state index is 5.74. The Hall–Kier alpha value is -0.0800. The Bertz CT molecular complexity index is 254. The van der Waals surface area contributed by atoms with Gasteiger partial charge in [-0.05, 0) is 63.7 Å². The molecule has 0 aromatic heterocycles. The zero-order valence-corrected chi connectivity index (χ0v) is 10.8. The van der Waals surface area contributed by atoms with Crippen LogP contribution < -0.4 is 5.32 Å². The molecule has 3 fully saturated rings. The Morgan fingerprint density at radius 1 is 1.12 bits per heavy atom. The van der Waals surface area contributed by atoms with Crippen LogP contribution in [0.1, 0.15) is 40.0 Å². The van der Waals surface area contributed by atoms with Crippen molar-refractivity contribution >= 4 is 0 Å². The number of nitrogens with one attached hydrogen (secondary N) is 1. The fraction of sp³-hybridized carbons (Fsp3) is 1.00. The van der Waals surface area contributed by atoms with Gasteiger partial charge in [-0.2, -0.15) is 0 Å². The molecular formula is C14H25NO. The van der Waals surface area contributed by atoms with Crippen LogP contribution in [-0.4, -0.2) is 24.8 Å². The molecule has 2 nitrogen and oxygen atoms in total. The predicted octanol–water partition coefficient (Wildman–Crippen LogP) is 2.44. The summed E-state index contributed by atoms with van der Waals surface area (Å²) in [4.78, 5) is 0. The minimum atomic E-state index is 0.0140. The van der Waals surface area contributed by atoms with Gasteiger partial charge in [0.25, 0.3) is 0 Å². The van der Waals surface area contributed by atoms with Crippen LogP contribution >= 0.6 is 0 Å². The topological polar surface area (TPSA) is 21.3 Å². The Kier molecular flexibility index (Phi) is 2.56. The lowest BCUT2D eigenvalue weighted by atomic mass is 10.0. The average molecular weight is 223 g/mol. The van der Waals surface area contributed by atoms with Crippen molar-refractivity contribution in [2.24, 2.45) is 23.7 Å². The molecule has 0 radical (unpaired) electrons. The van der Waals surface area contributed by atoms with Gasteiger partial charge in [-0.3, -0.25) is 0 Å². The summed E-state index contributed by atoms with van der Waals surface area (Å²) in [5, 5.41) is 3.71. The monoisotopic (exact) mass is 223 g/mol. The van der Waals surface area contributed by atoms with Gasteiger partial charge in [-0.1, -0.05) is 0 Å². The third-order valence-electron chi connectivity index (χ3n) is 4.75. The van der Waals surface area contributed by atoms with Crippen molar-refractivity contribution < 1.29 is 4.74 Å². The molecule has 3 aliphatic rings. The molecule has 0 spiro atoms. The number of ether oxygens (including phenoxy) is 1. The van der Waals surface area contributed by atoms with E-state index in [1.807, 2.05) is 0 Å². The molecular weight excluding hydrogens is 198 g/mol. The zero-order valence-electron chi connectivity index (χ0n) is 10.8. The lowest BCUT2D eigenvalue weighted by molar-refractivity contribution is -0.00121. The Balaban J connectivity index is 1.37. The van der Waals surface area contributed by atoms with Gasteiger partial charge in [0.05, 0.1) is 12.2 Å². The van der Waals surface area contributed by atoms with E-state index >= 15 is 0 Å². The van der Waals surface area contributed by atoms with Crippen LogP contribution in [0.2, 0.25) is 0 Å². The molecule has 92 valence electrons. The lowest BCUT2D eigenvalue weighted by Gasteiger charge is -2.20. The molecule has 3 aliphatic carbocycles. The average Bonchev–Trinajstić information content (AvgIpc) is 2.60. The van der Waals surface area contributed by atoms with Crippen molar-refractivity contribution in [3.8, 4) is 0 Å². The van der Waals surface area contributed by atoms with Crippen LogP contribution in [0.25, 0.3) is 0 Å². The SMILES string of the molecule is CC(C)(C)OCCNC1C2C3CCC(C3)C12. The van der Waals surface area contributed by atoms with E-state index in [-0.39, 0.29) is 5.60 Å². The molecule has 0 aliphatic heterocycles. The Labute approximate surface area is 99.1 Å². The highest BCUT2D eigenvalue weighted by molar-refractivity contribution is 5.16. The summed E-state index contributed by atoms with van der Waals surface area (Å²) in [5.74, 6) is 4.26. The summed E-state index contributed by atoms with van der Waals surface area (Å²) in [6, 6.07) is 0.856. The number of hydrogen-bond donors (Lipinski definition) is 1. The smallest absolute Gasteiger partial charge is 0.0599 e. The summed E-state index contributed by atoms with van der Waals surface area (Å²) < 4.78 is 5.74. The van der Waals surface area contributed by atoms with E-state index in [4.69, 9.17) is 4.74 Å². The first-order valence-corrected chi connectivity index (χ1v) is 6.93. The molecule has 4 atom stereocenters. The molecule has 0 aromatic rings. The molecule has 2 heteroatoms. The fourth-order valence-electron chi connectivity index (χ4n) is 4.18. The van der Waals surface area contributed by atoms with Crippen LogP contribution in [0, 0.1) is 23.7 Å². The summed E-state index contributed by atoms with van der Waals surface area (Å²) in [6.45, 7) is 8.26. The lowest BCUT2D eigenvalue weighted by Crippen LogP contribution is -2.30. The molecule has 2 bridgehead atoms. The van der Waals surface area contributed by atoms with Crippen LogP contribution in [0.5, 0.6) is 0 Å². The van der Waals surface area contributed by atoms with E-state index in [0.29, 0.717) is 0 Å². The molecule has 0 heterocycles. The second-order valence-electron chi connectivity index (χ2n) is 6.93. The summed E-state index contributed by atoms with van der Waals surface area (Å²) in [5.41, 5.74) is 0.0140. The first kappa shape index (κ1) is 11.0. The van der Waals surface area contributed by atoms with Gasteiger partial charge < -0.3 is 10.1 Å². The minimum absolute atomic E-state index is 0.0140. The molecule has 0 amide bonds. The highest BCUT2D eigenvalue weighted by atomic mass is 16.5. The highest BCUT2D eigenvalue weighted by Gasteiger charge is 2.64. The number of fused-ring (bicyclic) bond motifs is 5. The van der Waals surface area contributed by atoms with Gasteiger partial charge in [0.2, 0.25) is 0 Å². The summed E-state index contributed by atoms with van der Waals surface area (Å²) >= 11 is 0. The molecule has 0 aromatic carbocycles. The van der Waals surface area contributed by atoms with E-state index in [2.05, 4.69) is 26.1 Å². The normalized spacial score (nSPS) is 44.8. The first-order chi connectivity index (χ1) is 7.56. The van der Waals surface area contributed by atoms with Gasteiger partial charge in [0.15, 0.2) is 0 Å². The predicted molar refractivity (Wildman–Crippen MR) is 65.3 cm³/mol. The molecule has 4 unspecified atom stereocenters. The van der Waals surface area contributed by atoms with Crippen molar-refractivity contribution in [1.29, 1.82) is 0 Å². The standard InChI is InChI=1S/C14H25NO/c1-14(2,3)16-7-6-15-13-11-9-4-5-10(8-9)12(11)13/h9-13,15H,4-8H2,1-3H3. The summed E-state index contributed by atoms with van der Waals surface area (Å²) in [7, 11) is 0. The quantitative estimate of drug-likeness (QED) is 0.739. The number of hydrogen-bond acceptors (Lipinski definition) is 2. The van der Waals surface area contributed by atoms with E-state index in [1.54, 1.807) is 6.42 Å². The first-order valence-electron chi connectivity index (χ1n) is 6.93. The largest absolute Gasteiger partial charge is 0.375 e. The summed E-state index contributed by atoms with van der Waals surface area (Å²) in [6.07, 6.45) is 4.58. The van der Waals surface area contributed by atoms with Crippen molar-refractivity contribution in [3.63, 3.8) is 0 Å². The van der Waals surface area contributed by atoms with Crippen molar-refractivity contribution in [2.45, 2.75) is 51.7 Å². The van der Waals surface area contributed by atoms with Crippen LogP contribution in [0.15, 0.2) is 0 Å². The number of rotatable bonds is 4. The fourth-order valence-corrected chi connectivity index (χ4v) is 4.18. The van der Waals surface area contributed by atoms with Gasteiger partial charge in [-0.25, -0.2) is 0 Å². The second kappa shape index (κ2) is 3.71. The molecule has 16 heavy (non-hydrogen) atoms. The van der Waals surface area contributed by atoms with Gasteiger partial charge >= 0.3 is 0 Å². The van der Waals surface area contributed by atoms with E-state index in [1.165, 1.54) is 12.8 Å². The maximum absolute atomic E-state index is 5.74. The second-order valence-corrected chi connectivity index (χ2v) is 6.93. The zero-order chi connectivity index (χ0) is 11.3. The van der Waals surface area contributed by atoms with E-state index < -0.39 is 0 Å². The third kappa shape index (κ3) is 1.91. The van der Waals surface area contributed by atoms with E-state index in [9.17, 15) is 0 Å². The van der Waals surface area contributed by atoms with Crippen molar-refractivity contribution in [2.75, 3.05) is 13.2 Å². The molecule has 1 N–H and O–H groups in total. The van der Waals surface area contributed by atoms with Crippen molar-refractivity contribution in [3.05, 3.63) is 0 Å². The maximum Gasteiger partial charge on any atom is 0.0599 e. The highest BCUT2D eigenvalue weighted by Crippen LogP contribution is 2.65. The van der Waals surface area contributed by atoms with Gasteiger partial charge in [0, 0.05) is 12.6 Å². The molecule has 3 rings (SSSR count).